The maximum Gasteiger partial charge on any atom is 0.147 e. The summed E-state index contributed by atoms with van der Waals surface area (Å²) in [6, 6.07) is 9.99. The monoisotopic (exact) mass is 232 g/mol. The van der Waals surface area contributed by atoms with Crippen LogP contribution in [0.4, 0.5) is 0 Å². The zero-order valence-electron chi connectivity index (χ0n) is 9.93. The van der Waals surface area contributed by atoms with E-state index >= 15 is 0 Å². The molecule has 17 heavy (non-hydrogen) atoms. The minimum Gasteiger partial charge on any atom is -0.366 e. The first kappa shape index (κ1) is 11.9. The van der Waals surface area contributed by atoms with Crippen molar-refractivity contribution >= 4 is 5.94 Å². The average molecular weight is 232 g/mol. The van der Waals surface area contributed by atoms with Crippen LogP contribution in [0.2, 0.25) is 0 Å². The quantitative estimate of drug-likeness (QED) is 0.730. The highest BCUT2D eigenvalue weighted by Crippen LogP contribution is 2.10. The maximum absolute atomic E-state index is 10.7. The predicted molar refractivity (Wildman–Crippen MR) is 64.6 cm³/mol. The topological polar surface area (TPSA) is 32.8 Å². The number of hydrogen-bond acceptors (Lipinski definition) is 4. The average Bonchev–Trinajstić information content (AvgIpc) is 2.39. The Morgan fingerprint density at radius 3 is 2.76 bits per heavy atom. The van der Waals surface area contributed by atoms with Gasteiger partial charge < -0.3 is 4.90 Å². The summed E-state index contributed by atoms with van der Waals surface area (Å²) in [4.78, 5) is 18.3. The van der Waals surface area contributed by atoms with Crippen molar-refractivity contribution in [3.05, 3.63) is 41.6 Å². The van der Waals surface area contributed by atoms with Gasteiger partial charge in [0, 0.05) is 20.1 Å². The van der Waals surface area contributed by atoms with Crippen molar-refractivity contribution in [3.8, 4) is 0 Å². The highest BCUT2D eigenvalue weighted by Gasteiger charge is 2.19. The Hall–Kier alpha value is -1.61. The van der Waals surface area contributed by atoms with E-state index in [1.807, 2.05) is 53.3 Å². The van der Waals surface area contributed by atoms with E-state index < -0.39 is 0 Å². The largest absolute Gasteiger partial charge is 0.366 e. The van der Waals surface area contributed by atoms with Gasteiger partial charge in [-0.3, -0.25) is 4.84 Å². The number of rotatable bonds is 3. The molecule has 4 heteroatoms. The zero-order chi connectivity index (χ0) is 12.1. The molecule has 0 aliphatic carbocycles. The van der Waals surface area contributed by atoms with Crippen molar-refractivity contribution in [1.82, 2.24) is 9.96 Å². The molecule has 0 aromatic heterocycles. The Bertz CT molecular complexity index is 413. The van der Waals surface area contributed by atoms with Crippen molar-refractivity contribution in [2.45, 2.75) is 6.61 Å². The van der Waals surface area contributed by atoms with Gasteiger partial charge in [-0.1, -0.05) is 30.3 Å². The van der Waals surface area contributed by atoms with Crippen LogP contribution in [0.15, 0.2) is 36.0 Å². The first-order valence-corrected chi connectivity index (χ1v) is 5.66. The second-order valence-corrected chi connectivity index (χ2v) is 4.09. The van der Waals surface area contributed by atoms with Crippen molar-refractivity contribution in [2.75, 3.05) is 26.7 Å². The smallest absolute Gasteiger partial charge is 0.147 e. The Balaban J connectivity index is 1.87. The fourth-order valence-electron chi connectivity index (χ4n) is 1.72. The Kier molecular flexibility index (Phi) is 3.94. The third-order valence-corrected chi connectivity index (χ3v) is 2.85. The third-order valence-electron chi connectivity index (χ3n) is 2.85. The van der Waals surface area contributed by atoms with Crippen molar-refractivity contribution in [1.29, 1.82) is 0 Å². The molecule has 0 N–H and O–H groups in total. The zero-order valence-corrected chi connectivity index (χ0v) is 9.93. The standard InChI is InChI=1S/C13H16N2O2/c1-14-7-8-15(9-13(14)10-16)17-11-12-5-3-2-4-6-12/h2-6H,7-9,11H2,1H3. The molecule has 1 saturated heterocycles. The van der Waals surface area contributed by atoms with Crippen molar-refractivity contribution in [3.63, 3.8) is 0 Å². The number of hydrogen-bond donors (Lipinski definition) is 0. The fraction of sp³-hybridized carbons (Fsp3) is 0.385. The number of benzene rings is 1. The minimum atomic E-state index is 0.507. The molecule has 0 saturated carbocycles. The molecule has 1 heterocycles. The van der Waals surface area contributed by atoms with Crippen LogP contribution in [0, 0.1) is 0 Å². The first-order valence-electron chi connectivity index (χ1n) is 5.66. The van der Waals surface area contributed by atoms with E-state index in [-0.39, 0.29) is 0 Å². The summed E-state index contributed by atoms with van der Waals surface area (Å²) in [5.74, 6) is 1.95. The molecule has 1 fully saturated rings. The molecule has 4 nitrogen and oxygen atoms in total. The molecule has 1 aliphatic rings. The number of hydroxylamine groups is 2. The van der Waals surface area contributed by atoms with Gasteiger partial charge in [-0.15, -0.1) is 0 Å². The number of carbonyl (C=O) groups excluding carboxylic acids is 1. The van der Waals surface area contributed by atoms with Crippen LogP contribution in [0.25, 0.3) is 0 Å². The van der Waals surface area contributed by atoms with Crippen LogP contribution in [-0.2, 0) is 16.2 Å². The summed E-state index contributed by atoms with van der Waals surface area (Å²) >= 11 is 0. The highest BCUT2D eigenvalue weighted by molar-refractivity contribution is 5.52. The molecule has 0 amide bonds. The second kappa shape index (κ2) is 5.64. The SMILES string of the molecule is CN1CCN(OCc2ccccc2)CC1=C=O. The number of nitrogens with zero attached hydrogens (tertiary/aromatic N) is 2. The van der Waals surface area contributed by atoms with E-state index in [4.69, 9.17) is 4.84 Å². The summed E-state index contributed by atoms with van der Waals surface area (Å²) in [6.07, 6.45) is 0. The third kappa shape index (κ3) is 3.17. The van der Waals surface area contributed by atoms with Crippen LogP contribution in [-0.4, -0.2) is 42.6 Å². The first-order chi connectivity index (χ1) is 8.29. The maximum atomic E-state index is 10.7. The van der Waals surface area contributed by atoms with E-state index in [0.29, 0.717) is 18.8 Å². The molecular weight excluding hydrogens is 216 g/mol. The Morgan fingerprint density at radius 1 is 1.29 bits per heavy atom. The van der Waals surface area contributed by atoms with Gasteiger partial charge in [-0.25, -0.2) is 4.79 Å². The van der Waals surface area contributed by atoms with E-state index in [1.54, 1.807) is 0 Å². The van der Waals surface area contributed by atoms with Crippen LogP contribution in [0.3, 0.4) is 0 Å². The minimum absolute atomic E-state index is 0.507. The highest BCUT2D eigenvalue weighted by atomic mass is 16.7. The Morgan fingerprint density at radius 2 is 2.06 bits per heavy atom. The van der Waals surface area contributed by atoms with Gasteiger partial charge in [-0.2, -0.15) is 5.06 Å². The van der Waals surface area contributed by atoms with Crippen LogP contribution in [0.5, 0.6) is 0 Å². The van der Waals surface area contributed by atoms with Gasteiger partial charge in [0.05, 0.1) is 13.2 Å². The van der Waals surface area contributed by atoms with Crippen LogP contribution in [0.1, 0.15) is 5.56 Å². The molecule has 1 aliphatic heterocycles. The lowest BCUT2D eigenvalue weighted by molar-refractivity contribution is -0.175. The van der Waals surface area contributed by atoms with Crippen LogP contribution < -0.4 is 0 Å². The van der Waals surface area contributed by atoms with E-state index in [2.05, 4.69) is 0 Å². The van der Waals surface area contributed by atoms with Gasteiger partial charge in [-0.05, 0) is 5.56 Å². The lowest BCUT2D eigenvalue weighted by Crippen LogP contribution is -2.42. The molecule has 0 spiro atoms. The molecule has 0 radical (unpaired) electrons. The fourth-order valence-corrected chi connectivity index (χ4v) is 1.72. The molecule has 0 bridgehead atoms. The van der Waals surface area contributed by atoms with Gasteiger partial charge in [0.15, 0.2) is 0 Å². The number of likely N-dealkylation sites (N-methyl/N-ethyl adjacent to an activating group) is 1. The molecule has 0 atom stereocenters. The summed E-state index contributed by atoms with van der Waals surface area (Å²) < 4.78 is 0. The van der Waals surface area contributed by atoms with Crippen LogP contribution >= 0.6 is 0 Å². The summed E-state index contributed by atoms with van der Waals surface area (Å²) in [5.41, 5.74) is 1.77. The van der Waals surface area contributed by atoms with E-state index in [0.717, 1.165) is 18.7 Å². The predicted octanol–water partition coefficient (Wildman–Crippen LogP) is 1.08. The Labute approximate surface area is 101 Å². The van der Waals surface area contributed by atoms with E-state index in [9.17, 15) is 4.79 Å². The molecule has 1 aromatic carbocycles. The normalized spacial score (nSPS) is 17.0. The number of piperazine rings is 1. The molecule has 2 rings (SSSR count). The van der Waals surface area contributed by atoms with Crippen molar-refractivity contribution < 1.29 is 9.63 Å². The molecule has 0 unspecified atom stereocenters. The van der Waals surface area contributed by atoms with Gasteiger partial charge in [0.25, 0.3) is 0 Å². The van der Waals surface area contributed by atoms with Crippen molar-refractivity contribution in [2.24, 2.45) is 0 Å². The van der Waals surface area contributed by atoms with Gasteiger partial charge in [0.2, 0.25) is 0 Å². The van der Waals surface area contributed by atoms with Gasteiger partial charge in [0.1, 0.15) is 11.6 Å². The second-order valence-electron chi connectivity index (χ2n) is 4.09. The molecule has 90 valence electrons. The summed E-state index contributed by atoms with van der Waals surface area (Å²) in [5, 5.41) is 1.81. The summed E-state index contributed by atoms with van der Waals surface area (Å²) in [7, 11) is 1.90. The summed E-state index contributed by atoms with van der Waals surface area (Å²) in [6.45, 7) is 2.64. The molecular formula is C13H16N2O2. The molecule has 1 aromatic rings. The lowest BCUT2D eigenvalue weighted by atomic mass is 10.2. The van der Waals surface area contributed by atoms with Gasteiger partial charge >= 0.3 is 0 Å². The van der Waals surface area contributed by atoms with E-state index in [1.165, 1.54) is 0 Å². The lowest BCUT2D eigenvalue weighted by Gasteiger charge is -2.32.